The van der Waals surface area contributed by atoms with E-state index in [2.05, 4.69) is 44.3 Å². The van der Waals surface area contributed by atoms with Crippen LogP contribution < -0.4 is 0 Å². The van der Waals surface area contributed by atoms with Crippen molar-refractivity contribution in [1.29, 1.82) is 0 Å². The maximum Gasteiger partial charge on any atom is 0.140 e. The van der Waals surface area contributed by atoms with Gasteiger partial charge in [0.1, 0.15) is 6.54 Å². The van der Waals surface area contributed by atoms with Gasteiger partial charge in [-0.05, 0) is 11.5 Å². The SMILES string of the molecule is C#CC[N+](C)(C)CCc1ccccc1. The Morgan fingerprint density at radius 1 is 1.21 bits per heavy atom. The number of terminal acetylenes is 1. The van der Waals surface area contributed by atoms with Gasteiger partial charge in [-0.15, -0.1) is 6.42 Å². The number of benzene rings is 1. The highest BCUT2D eigenvalue weighted by molar-refractivity contribution is 5.14. The highest BCUT2D eigenvalue weighted by Gasteiger charge is 2.12. The fourth-order valence-corrected chi connectivity index (χ4v) is 1.40. The van der Waals surface area contributed by atoms with E-state index in [0.29, 0.717) is 0 Å². The fourth-order valence-electron chi connectivity index (χ4n) is 1.40. The fraction of sp³-hybridized carbons (Fsp3) is 0.385. The van der Waals surface area contributed by atoms with Crippen molar-refractivity contribution in [1.82, 2.24) is 0 Å². The lowest BCUT2D eigenvalue weighted by molar-refractivity contribution is -0.882. The zero-order valence-electron chi connectivity index (χ0n) is 9.03. The van der Waals surface area contributed by atoms with E-state index in [4.69, 9.17) is 6.42 Å². The highest BCUT2D eigenvalue weighted by atomic mass is 15.3. The Balaban J connectivity index is 2.45. The van der Waals surface area contributed by atoms with Crippen molar-refractivity contribution in [3.63, 3.8) is 0 Å². The Morgan fingerprint density at radius 2 is 1.86 bits per heavy atom. The molecule has 1 aromatic carbocycles. The molecular formula is C13H18N+. The Labute approximate surface area is 87.0 Å². The molecule has 14 heavy (non-hydrogen) atoms. The number of nitrogens with zero attached hydrogens (tertiary/aromatic N) is 1. The quantitative estimate of drug-likeness (QED) is 0.500. The van der Waals surface area contributed by atoms with E-state index >= 15 is 0 Å². The number of quaternary nitrogens is 1. The van der Waals surface area contributed by atoms with Crippen LogP contribution in [0.15, 0.2) is 30.3 Å². The molecule has 0 atom stereocenters. The zero-order valence-corrected chi connectivity index (χ0v) is 9.03. The van der Waals surface area contributed by atoms with E-state index in [1.807, 2.05) is 6.07 Å². The van der Waals surface area contributed by atoms with Crippen molar-refractivity contribution in [2.24, 2.45) is 0 Å². The van der Waals surface area contributed by atoms with Crippen LogP contribution in [0.1, 0.15) is 5.56 Å². The van der Waals surface area contributed by atoms with E-state index in [0.717, 1.165) is 24.0 Å². The lowest BCUT2D eigenvalue weighted by atomic mass is 10.1. The van der Waals surface area contributed by atoms with Crippen molar-refractivity contribution in [2.45, 2.75) is 6.42 Å². The Morgan fingerprint density at radius 3 is 2.43 bits per heavy atom. The van der Waals surface area contributed by atoms with Gasteiger partial charge in [-0.3, -0.25) is 0 Å². The van der Waals surface area contributed by atoms with Gasteiger partial charge >= 0.3 is 0 Å². The van der Waals surface area contributed by atoms with E-state index in [-0.39, 0.29) is 0 Å². The Kier molecular flexibility index (Phi) is 3.73. The summed E-state index contributed by atoms with van der Waals surface area (Å²) in [5, 5.41) is 0. The van der Waals surface area contributed by atoms with Crippen LogP contribution >= 0.6 is 0 Å². The van der Waals surface area contributed by atoms with E-state index in [9.17, 15) is 0 Å². The molecule has 0 radical (unpaired) electrons. The monoisotopic (exact) mass is 188 g/mol. The maximum absolute atomic E-state index is 5.32. The molecule has 0 aliphatic rings. The summed E-state index contributed by atoms with van der Waals surface area (Å²) in [6, 6.07) is 10.5. The van der Waals surface area contributed by atoms with Crippen molar-refractivity contribution >= 4 is 0 Å². The molecule has 1 aromatic rings. The van der Waals surface area contributed by atoms with Gasteiger partial charge in [-0.2, -0.15) is 0 Å². The zero-order chi connectivity index (χ0) is 10.4. The molecule has 0 bridgehead atoms. The molecule has 0 heterocycles. The Hall–Kier alpha value is -1.26. The first kappa shape index (κ1) is 10.8. The normalized spacial score (nSPS) is 10.9. The summed E-state index contributed by atoms with van der Waals surface area (Å²) >= 11 is 0. The molecule has 0 aromatic heterocycles. The van der Waals surface area contributed by atoms with E-state index < -0.39 is 0 Å². The van der Waals surface area contributed by atoms with Gasteiger partial charge in [0, 0.05) is 6.42 Å². The predicted molar refractivity (Wildman–Crippen MR) is 60.8 cm³/mol. The van der Waals surface area contributed by atoms with Crippen LogP contribution in [-0.4, -0.2) is 31.7 Å². The third-order valence-corrected chi connectivity index (χ3v) is 2.37. The molecule has 0 aliphatic heterocycles. The molecule has 1 rings (SSSR count). The predicted octanol–water partition coefficient (Wildman–Crippen LogP) is 1.94. The third-order valence-electron chi connectivity index (χ3n) is 2.37. The molecule has 0 N–H and O–H groups in total. The molecular weight excluding hydrogens is 170 g/mol. The minimum Gasteiger partial charge on any atom is -0.318 e. The molecule has 0 saturated heterocycles. The molecule has 0 saturated carbocycles. The molecule has 0 amide bonds. The van der Waals surface area contributed by atoms with Crippen molar-refractivity contribution in [2.75, 3.05) is 27.2 Å². The second-order valence-electron chi connectivity index (χ2n) is 4.26. The summed E-state index contributed by atoms with van der Waals surface area (Å²) in [4.78, 5) is 0. The minimum absolute atomic E-state index is 0.798. The summed E-state index contributed by atoms with van der Waals surface area (Å²) in [5.41, 5.74) is 1.38. The average molecular weight is 188 g/mol. The molecule has 1 heteroatoms. The van der Waals surface area contributed by atoms with Crippen molar-refractivity contribution < 1.29 is 4.48 Å². The summed E-state index contributed by atoms with van der Waals surface area (Å²) in [5.74, 6) is 2.72. The second kappa shape index (κ2) is 4.83. The summed E-state index contributed by atoms with van der Waals surface area (Å²) in [7, 11) is 4.34. The lowest BCUT2D eigenvalue weighted by Crippen LogP contribution is -2.41. The summed E-state index contributed by atoms with van der Waals surface area (Å²) in [6.45, 7) is 1.89. The standard InChI is InChI=1S/C13H18N/c1-4-11-14(2,3)12-10-13-8-6-5-7-9-13/h1,5-9H,10-12H2,2-3H3/q+1. The topological polar surface area (TPSA) is 0 Å². The van der Waals surface area contributed by atoms with E-state index in [1.165, 1.54) is 5.56 Å². The van der Waals surface area contributed by atoms with Crippen LogP contribution in [0.2, 0.25) is 0 Å². The first-order chi connectivity index (χ1) is 6.64. The molecule has 0 fully saturated rings. The molecule has 0 spiro atoms. The molecule has 74 valence electrons. The highest BCUT2D eigenvalue weighted by Crippen LogP contribution is 2.04. The number of hydrogen-bond donors (Lipinski definition) is 0. The van der Waals surface area contributed by atoms with Gasteiger partial charge < -0.3 is 4.48 Å². The second-order valence-corrected chi connectivity index (χ2v) is 4.26. The van der Waals surface area contributed by atoms with Gasteiger partial charge in [0.25, 0.3) is 0 Å². The van der Waals surface area contributed by atoms with E-state index in [1.54, 1.807) is 0 Å². The van der Waals surface area contributed by atoms with Gasteiger partial charge in [-0.25, -0.2) is 0 Å². The van der Waals surface area contributed by atoms with Crippen LogP contribution in [0, 0.1) is 12.3 Å². The van der Waals surface area contributed by atoms with Gasteiger partial charge in [0.15, 0.2) is 0 Å². The first-order valence-corrected chi connectivity index (χ1v) is 4.93. The number of likely N-dealkylation sites (N-methyl/N-ethyl adjacent to an activating group) is 1. The molecule has 1 nitrogen and oxygen atoms in total. The molecule has 0 unspecified atom stereocenters. The van der Waals surface area contributed by atoms with Crippen LogP contribution in [-0.2, 0) is 6.42 Å². The number of rotatable bonds is 4. The largest absolute Gasteiger partial charge is 0.318 e. The summed E-state index contributed by atoms with van der Waals surface area (Å²) in [6.07, 6.45) is 6.41. The molecule has 0 aliphatic carbocycles. The first-order valence-electron chi connectivity index (χ1n) is 4.93. The third kappa shape index (κ3) is 3.64. The smallest absolute Gasteiger partial charge is 0.140 e. The maximum atomic E-state index is 5.32. The van der Waals surface area contributed by atoms with Gasteiger partial charge in [-0.1, -0.05) is 30.3 Å². The minimum atomic E-state index is 0.798. The number of hydrogen-bond acceptors (Lipinski definition) is 0. The van der Waals surface area contributed by atoms with Crippen LogP contribution in [0.25, 0.3) is 0 Å². The van der Waals surface area contributed by atoms with Crippen LogP contribution in [0.3, 0.4) is 0 Å². The van der Waals surface area contributed by atoms with Crippen molar-refractivity contribution in [3.8, 4) is 12.3 Å². The Bertz CT molecular complexity index is 306. The average Bonchev–Trinajstić information content (AvgIpc) is 2.17. The van der Waals surface area contributed by atoms with Crippen molar-refractivity contribution in [3.05, 3.63) is 35.9 Å². The van der Waals surface area contributed by atoms with Gasteiger partial charge in [0.2, 0.25) is 0 Å². The lowest BCUT2D eigenvalue weighted by Gasteiger charge is -2.27. The van der Waals surface area contributed by atoms with Crippen LogP contribution in [0.4, 0.5) is 0 Å². The summed E-state index contributed by atoms with van der Waals surface area (Å²) < 4.78 is 0.894. The van der Waals surface area contributed by atoms with Crippen LogP contribution in [0.5, 0.6) is 0 Å². The van der Waals surface area contributed by atoms with Gasteiger partial charge in [0.05, 0.1) is 20.6 Å².